The lowest BCUT2D eigenvalue weighted by molar-refractivity contribution is -0.137. The molecule has 2 rings (SSSR count). The first-order valence-electron chi connectivity index (χ1n) is 7.11. The van der Waals surface area contributed by atoms with Crippen LogP contribution < -0.4 is 16.4 Å². The van der Waals surface area contributed by atoms with E-state index >= 15 is 0 Å². The van der Waals surface area contributed by atoms with Crippen molar-refractivity contribution in [2.75, 3.05) is 11.1 Å². The number of carbonyl (C=O) groups excluding carboxylic acids is 1. The molecule has 0 saturated carbocycles. The van der Waals surface area contributed by atoms with Crippen molar-refractivity contribution >= 4 is 17.5 Å². The molecule has 2 aromatic rings. The molecular weight excluding hydrogens is 321 g/mol. The van der Waals surface area contributed by atoms with E-state index in [-0.39, 0.29) is 12.2 Å². The molecule has 1 heterocycles. The highest BCUT2D eigenvalue weighted by Crippen LogP contribution is 2.31. The van der Waals surface area contributed by atoms with Crippen LogP contribution in [-0.4, -0.2) is 11.0 Å². The summed E-state index contributed by atoms with van der Waals surface area (Å²) in [7, 11) is 0. The van der Waals surface area contributed by atoms with Gasteiger partial charge in [0.2, 0.25) is 0 Å². The van der Waals surface area contributed by atoms with Gasteiger partial charge in [-0.05, 0) is 49.2 Å². The molecule has 0 radical (unpaired) electrons. The average Bonchev–Trinajstić information content (AvgIpc) is 2.45. The largest absolute Gasteiger partial charge is 0.416 e. The second-order valence-corrected chi connectivity index (χ2v) is 5.38. The van der Waals surface area contributed by atoms with E-state index in [4.69, 9.17) is 5.73 Å². The van der Waals surface area contributed by atoms with Gasteiger partial charge in [-0.3, -0.25) is 0 Å². The summed E-state index contributed by atoms with van der Waals surface area (Å²) in [5, 5.41) is 5.00. The minimum absolute atomic E-state index is 0.104. The van der Waals surface area contributed by atoms with Crippen LogP contribution in [-0.2, 0) is 12.7 Å². The highest BCUT2D eigenvalue weighted by atomic mass is 19.4. The number of nitrogens with one attached hydrogen (secondary N) is 2. The van der Waals surface area contributed by atoms with Crippen LogP contribution in [0.5, 0.6) is 0 Å². The molecular formula is C16H17F3N4O. The third kappa shape index (κ3) is 4.61. The zero-order valence-electron chi connectivity index (χ0n) is 13.2. The number of hydrogen-bond donors (Lipinski definition) is 3. The predicted molar refractivity (Wildman–Crippen MR) is 85.4 cm³/mol. The Morgan fingerprint density at radius 2 is 1.92 bits per heavy atom. The summed E-state index contributed by atoms with van der Waals surface area (Å²) < 4.78 is 38.2. The first-order valence-corrected chi connectivity index (χ1v) is 7.11. The summed E-state index contributed by atoms with van der Waals surface area (Å²) in [6.45, 7) is 3.56. The summed E-state index contributed by atoms with van der Waals surface area (Å²) in [5.74, 6) is 0.334. The van der Waals surface area contributed by atoms with Crippen molar-refractivity contribution < 1.29 is 18.0 Å². The van der Waals surface area contributed by atoms with Crippen LogP contribution in [0.4, 0.5) is 29.5 Å². The van der Waals surface area contributed by atoms with E-state index in [0.29, 0.717) is 17.1 Å². The van der Waals surface area contributed by atoms with Gasteiger partial charge in [0, 0.05) is 17.9 Å². The molecule has 0 aliphatic carbocycles. The molecule has 0 spiro atoms. The van der Waals surface area contributed by atoms with E-state index in [9.17, 15) is 18.0 Å². The highest BCUT2D eigenvalue weighted by molar-refractivity contribution is 5.90. The summed E-state index contributed by atoms with van der Waals surface area (Å²) in [4.78, 5) is 15.9. The molecule has 0 aliphatic heterocycles. The first kappa shape index (κ1) is 17.6. The van der Waals surface area contributed by atoms with Crippen molar-refractivity contribution in [1.82, 2.24) is 10.3 Å². The number of halogens is 3. The molecule has 0 aliphatic rings. The molecule has 2 amide bonds. The van der Waals surface area contributed by atoms with Crippen LogP contribution in [0.2, 0.25) is 0 Å². The van der Waals surface area contributed by atoms with Gasteiger partial charge in [-0.15, -0.1) is 0 Å². The Morgan fingerprint density at radius 1 is 1.21 bits per heavy atom. The molecule has 0 atom stereocenters. The highest BCUT2D eigenvalue weighted by Gasteiger charge is 2.30. The Morgan fingerprint density at radius 3 is 2.54 bits per heavy atom. The van der Waals surface area contributed by atoms with Crippen LogP contribution in [0.25, 0.3) is 0 Å². The Hall–Kier alpha value is -2.77. The van der Waals surface area contributed by atoms with Gasteiger partial charge in [-0.1, -0.05) is 6.07 Å². The number of carbonyl (C=O) groups is 1. The summed E-state index contributed by atoms with van der Waals surface area (Å²) in [5.41, 5.74) is 6.89. The van der Waals surface area contributed by atoms with Gasteiger partial charge >= 0.3 is 12.2 Å². The lowest BCUT2D eigenvalue weighted by Crippen LogP contribution is -2.28. The minimum atomic E-state index is -4.47. The SMILES string of the molecule is Cc1cc(CNC(=O)Nc2cc(C(F)(F)F)ccc2C)cc(N)n1. The van der Waals surface area contributed by atoms with Crippen molar-refractivity contribution in [3.63, 3.8) is 0 Å². The number of nitrogens with zero attached hydrogens (tertiary/aromatic N) is 1. The van der Waals surface area contributed by atoms with Gasteiger partial charge in [0.05, 0.1) is 5.56 Å². The third-order valence-corrected chi connectivity index (χ3v) is 3.30. The maximum atomic E-state index is 12.7. The van der Waals surface area contributed by atoms with Gasteiger partial charge in [0.1, 0.15) is 5.82 Å². The number of aryl methyl sites for hydroxylation is 2. The van der Waals surface area contributed by atoms with Crippen LogP contribution in [0.15, 0.2) is 30.3 Å². The van der Waals surface area contributed by atoms with Crippen LogP contribution >= 0.6 is 0 Å². The van der Waals surface area contributed by atoms with Gasteiger partial charge in [0.15, 0.2) is 0 Å². The van der Waals surface area contributed by atoms with Crippen molar-refractivity contribution in [2.24, 2.45) is 0 Å². The van der Waals surface area contributed by atoms with E-state index in [1.807, 2.05) is 0 Å². The maximum Gasteiger partial charge on any atom is 0.416 e. The number of urea groups is 1. The van der Waals surface area contributed by atoms with Gasteiger partial charge in [-0.2, -0.15) is 13.2 Å². The van der Waals surface area contributed by atoms with Crippen LogP contribution in [0, 0.1) is 13.8 Å². The van der Waals surface area contributed by atoms with Crippen molar-refractivity contribution in [3.05, 3.63) is 52.7 Å². The van der Waals surface area contributed by atoms with Crippen LogP contribution in [0.1, 0.15) is 22.4 Å². The quantitative estimate of drug-likeness (QED) is 0.799. The minimum Gasteiger partial charge on any atom is -0.384 e. The first-order chi connectivity index (χ1) is 11.1. The van der Waals surface area contributed by atoms with Gasteiger partial charge < -0.3 is 16.4 Å². The number of aromatic nitrogens is 1. The second kappa shape index (κ2) is 6.77. The number of hydrogen-bond acceptors (Lipinski definition) is 3. The third-order valence-electron chi connectivity index (χ3n) is 3.30. The van der Waals surface area contributed by atoms with Crippen molar-refractivity contribution in [2.45, 2.75) is 26.6 Å². The fourth-order valence-corrected chi connectivity index (χ4v) is 2.15. The topological polar surface area (TPSA) is 80.0 Å². The smallest absolute Gasteiger partial charge is 0.384 e. The van der Waals surface area contributed by atoms with Crippen LogP contribution in [0.3, 0.4) is 0 Å². The summed E-state index contributed by atoms with van der Waals surface area (Å²) >= 11 is 0. The Labute approximate surface area is 137 Å². The Bertz CT molecular complexity index is 739. The fourth-order valence-electron chi connectivity index (χ4n) is 2.15. The number of pyridine rings is 1. The number of alkyl halides is 3. The molecule has 0 fully saturated rings. The Kier molecular flexibility index (Phi) is 4.96. The number of anilines is 2. The summed E-state index contributed by atoms with van der Waals surface area (Å²) in [6, 6.07) is 5.95. The molecule has 24 heavy (non-hydrogen) atoms. The fraction of sp³-hybridized carbons (Fsp3) is 0.250. The molecule has 0 unspecified atom stereocenters. The molecule has 5 nitrogen and oxygen atoms in total. The van der Waals surface area contributed by atoms with E-state index in [1.165, 1.54) is 6.07 Å². The second-order valence-electron chi connectivity index (χ2n) is 5.38. The normalized spacial score (nSPS) is 11.2. The molecule has 0 saturated heterocycles. The van der Waals surface area contributed by atoms with E-state index in [0.717, 1.165) is 17.7 Å². The predicted octanol–water partition coefficient (Wildman–Crippen LogP) is 3.62. The zero-order valence-corrected chi connectivity index (χ0v) is 13.2. The molecule has 128 valence electrons. The maximum absolute atomic E-state index is 12.7. The van der Waals surface area contributed by atoms with E-state index < -0.39 is 17.8 Å². The number of nitrogen functional groups attached to an aromatic ring is 1. The standard InChI is InChI=1S/C16H17F3N4O/c1-9-3-4-12(16(17,18)19)7-13(9)23-15(24)21-8-11-5-10(2)22-14(20)6-11/h3-7H,8H2,1-2H3,(H2,20,22)(H2,21,23,24). The molecule has 0 bridgehead atoms. The summed E-state index contributed by atoms with van der Waals surface area (Å²) in [6.07, 6.45) is -4.47. The lowest BCUT2D eigenvalue weighted by atomic mass is 10.1. The van der Waals surface area contributed by atoms with E-state index in [1.54, 1.807) is 26.0 Å². The monoisotopic (exact) mass is 338 g/mol. The number of nitrogens with two attached hydrogens (primary N) is 1. The number of benzene rings is 1. The Balaban J connectivity index is 2.04. The van der Waals surface area contributed by atoms with Crippen molar-refractivity contribution in [3.8, 4) is 0 Å². The number of rotatable bonds is 3. The van der Waals surface area contributed by atoms with Crippen molar-refractivity contribution in [1.29, 1.82) is 0 Å². The molecule has 1 aromatic carbocycles. The average molecular weight is 338 g/mol. The number of amides is 2. The van der Waals surface area contributed by atoms with Gasteiger partial charge in [-0.25, -0.2) is 9.78 Å². The van der Waals surface area contributed by atoms with E-state index in [2.05, 4.69) is 15.6 Å². The lowest BCUT2D eigenvalue weighted by Gasteiger charge is -2.13. The molecule has 1 aromatic heterocycles. The zero-order chi connectivity index (χ0) is 17.9. The molecule has 8 heteroatoms. The van der Waals surface area contributed by atoms with Gasteiger partial charge in [0.25, 0.3) is 0 Å². The molecule has 4 N–H and O–H groups in total.